The number of carbonyl (C=O) groups is 1. The first-order valence-corrected chi connectivity index (χ1v) is 8.22. The zero-order valence-electron chi connectivity index (χ0n) is 13.8. The largest absolute Gasteiger partial charge is 0.373 e. The van der Waals surface area contributed by atoms with Gasteiger partial charge >= 0.3 is 0 Å². The molecule has 0 aromatic heterocycles. The van der Waals surface area contributed by atoms with E-state index in [0.29, 0.717) is 36.9 Å². The Morgan fingerprint density at radius 1 is 1.21 bits per heavy atom. The van der Waals surface area contributed by atoms with Crippen LogP contribution in [-0.2, 0) is 4.74 Å². The van der Waals surface area contributed by atoms with Crippen LogP contribution in [0.25, 0.3) is 0 Å². The summed E-state index contributed by atoms with van der Waals surface area (Å²) in [4.78, 5) is 16.2. The molecule has 1 aromatic carbocycles. The van der Waals surface area contributed by atoms with Crippen LogP contribution in [0.15, 0.2) is 35.3 Å². The van der Waals surface area contributed by atoms with E-state index in [1.807, 2.05) is 18.2 Å². The fraction of sp³-hybridized carbons (Fsp3) is 0.529. The molecule has 3 rings (SSSR count). The number of hydrogen-bond acceptors (Lipinski definition) is 3. The Morgan fingerprint density at radius 2 is 1.96 bits per heavy atom. The summed E-state index contributed by atoms with van der Waals surface area (Å²) in [6.07, 6.45) is 4.10. The van der Waals surface area contributed by atoms with Crippen molar-refractivity contribution < 1.29 is 9.53 Å². The highest BCUT2D eigenvalue weighted by molar-refractivity contribution is 14.0. The SMILES string of the molecule is CN=C(NCCNC(=O)c1ccccc1)NC1CC2CCC1O2.I. The Morgan fingerprint density at radius 3 is 2.58 bits per heavy atom. The first kappa shape index (κ1) is 19.0. The summed E-state index contributed by atoms with van der Waals surface area (Å²) in [6, 6.07) is 9.57. The zero-order chi connectivity index (χ0) is 16.1. The summed E-state index contributed by atoms with van der Waals surface area (Å²) in [6.45, 7) is 1.17. The number of rotatable bonds is 5. The van der Waals surface area contributed by atoms with E-state index in [2.05, 4.69) is 20.9 Å². The van der Waals surface area contributed by atoms with Crippen molar-refractivity contribution in [1.82, 2.24) is 16.0 Å². The molecule has 2 saturated heterocycles. The number of halogens is 1. The van der Waals surface area contributed by atoms with Gasteiger partial charge in [-0.05, 0) is 31.4 Å². The number of benzene rings is 1. The number of ether oxygens (including phenoxy) is 1. The fourth-order valence-electron chi connectivity index (χ4n) is 3.21. The maximum absolute atomic E-state index is 11.9. The molecule has 2 aliphatic rings. The van der Waals surface area contributed by atoms with Crippen LogP contribution in [0, 0.1) is 0 Å². The van der Waals surface area contributed by atoms with Gasteiger partial charge in [0.15, 0.2) is 5.96 Å². The number of nitrogens with one attached hydrogen (secondary N) is 3. The summed E-state index contributed by atoms with van der Waals surface area (Å²) in [5, 5.41) is 9.54. The molecule has 3 atom stereocenters. The third-order valence-electron chi connectivity index (χ3n) is 4.39. The number of fused-ring (bicyclic) bond motifs is 2. The standard InChI is InChI=1S/C17H24N4O2.HI/c1-18-17(21-14-11-13-7-8-15(14)23-13)20-10-9-19-16(22)12-5-3-2-4-6-12;/h2-6,13-15H,7-11H2,1H3,(H,19,22)(H2,18,20,21);1H. The molecule has 1 amide bonds. The number of guanidine groups is 1. The smallest absolute Gasteiger partial charge is 0.251 e. The summed E-state index contributed by atoms with van der Waals surface area (Å²) in [7, 11) is 1.76. The van der Waals surface area contributed by atoms with E-state index in [1.165, 1.54) is 6.42 Å². The maximum Gasteiger partial charge on any atom is 0.251 e. The van der Waals surface area contributed by atoms with Crippen LogP contribution in [0.3, 0.4) is 0 Å². The van der Waals surface area contributed by atoms with E-state index in [9.17, 15) is 4.79 Å². The summed E-state index contributed by atoms with van der Waals surface area (Å²) in [5.41, 5.74) is 0.675. The normalized spacial score (nSPS) is 25.0. The second kappa shape index (κ2) is 9.22. The molecule has 0 saturated carbocycles. The highest BCUT2D eigenvalue weighted by Gasteiger charge is 2.41. The lowest BCUT2D eigenvalue weighted by Crippen LogP contribution is -2.48. The van der Waals surface area contributed by atoms with Crippen molar-refractivity contribution in [2.45, 2.75) is 37.5 Å². The molecule has 3 N–H and O–H groups in total. The molecular weight excluding hydrogens is 419 g/mol. The molecule has 0 aliphatic carbocycles. The Labute approximate surface area is 159 Å². The summed E-state index contributed by atoms with van der Waals surface area (Å²) in [5.74, 6) is 0.706. The van der Waals surface area contributed by atoms with Gasteiger partial charge < -0.3 is 20.7 Å². The van der Waals surface area contributed by atoms with Gasteiger partial charge in [0.05, 0.1) is 18.2 Å². The number of carbonyl (C=O) groups excluding carboxylic acids is 1. The summed E-state index contributed by atoms with van der Waals surface area (Å²) < 4.78 is 5.83. The number of amides is 1. The van der Waals surface area contributed by atoms with Gasteiger partial charge in [0, 0.05) is 25.7 Å². The van der Waals surface area contributed by atoms with E-state index >= 15 is 0 Å². The molecule has 24 heavy (non-hydrogen) atoms. The first-order chi connectivity index (χ1) is 11.3. The Balaban J connectivity index is 0.00000208. The molecule has 2 heterocycles. The number of aliphatic imine (C=N–C) groups is 1. The van der Waals surface area contributed by atoms with Crippen LogP contribution in [-0.4, -0.2) is 50.3 Å². The van der Waals surface area contributed by atoms with E-state index < -0.39 is 0 Å². The van der Waals surface area contributed by atoms with E-state index in [-0.39, 0.29) is 29.9 Å². The van der Waals surface area contributed by atoms with Gasteiger partial charge in [-0.25, -0.2) is 0 Å². The van der Waals surface area contributed by atoms with Crippen molar-refractivity contribution in [3.63, 3.8) is 0 Å². The van der Waals surface area contributed by atoms with Gasteiger partial charge in [-0.2, -0.15) is 0 Å². The average molecular weight is 444 g/mol. The quantitative estimate of drug-likeness (QED) is 0.279. The monoisotopic (exact) mass is 444 g/mol. The molecule has 0 radical (unpaired) electrons. The van der Waals surface area contributed by atoms with Crippen molar-refractivity contribution >= 4 is 35.8 Å². The average Bonchev–Trinajstić information content (AvgIpc) is 3.21. The molecule has 6 nitrogen and oxygen atoms in total. The first-order valence-electron chi connectivity index (χ1n) is 8.22. The van der Waals surface area contributed by atoms with Crippen LogP contribution < -0.4 is 16.0 Å². The minimum Gasteiger partial charge on any atom is -0.373 e. The second-order valence-electron chi connectivity index (χ2n) is 5.98. The molecule has 2 aliphatic heterocycles. The van der Waals surface area contributed by atoms with Gasteiger partial charge in [-0.3, -0.25) is 9.79 Å². The lowest BCUT2D eigenvalue weighted by molar-refractivity contribution is 0.0954. The predicted octanol–water partition coefficient (Wildman–Crippen LogP) is 1.52. The molecule has 2 fully saturated rings. The predicted molar refractivity (Wildman–Crippen MR) is 105 cm³/mol. The third-order valence-corrected chi connectivity index (χ3v) is 4.39. The van der Waals surface area contributed by atoms with E-state index in [4.69, 9.17) is 4.74 Å². The summed E-state index contributed by atoms with van der Waals surface area (Å²) >= 11 is 0. The molecule has 0 spiro atoms. The van der Waals surface area contributed by atoms with E-state index in [1.54, 1.807) is 19.2 Å². The topological polar surface area (TPSA) is 74.8 Å². The van der Waals surface area contributed by atoms with Crippen LogP contribution in [0.1, 0.15) is 29.6 Å². The maximum atomic E-state index is 11.9. The number of nitrogens with zero attached hydrogens (tertiary/aromatic N) is 1. The van der Waals surface area contributed by atoms with Crippen molar-refractivity contribution in [3.8, 4) is 0 Å². The minimum absolute atomic E-state index is 0. The van der Waals surface area contributed by atoms with Crippen LogP contribution in [0.4, 0.5) is 0 Å². The van der Waals surface area contributed by atoms with Gasteiger partial charge in [0.2, 0.25) is 0 Å². The fourth-order valence-corrected chi connectivity index (χ4v) is 3.21. The third kappa shape index (κ3) is 4.83. The van der Waals surface area contributed by atoms with Crippen molar-refractivity contribution in [2.75, 3.05) is 20.1 Å². The van der Waals surface area contributed by atoms with Crippen LogP contribution in [0.5, 0.6) is 0 Å². The van der Waals surface area contributed by atoms with Crippen molar-refractivity contribution in [3.05, 3.63) is 35.9 Å². The zero-order valence-corrected chi connectivity index (χ0v) is 16.2. The molecule has 7 heteroatoms. The molecule has 2 bridgehead atoms. The van der Waals surface area contributed by atoms with Gasteiger partial charge in [-0.1, -0.05) is 18.2 Å². The Hall–Kier alpha value is -1.35. The van der Waals surface area contributed by atoms with Gasteiger partial charge in [0.1, 0.15) is 0 Å². The van der Waals surface area contributed by atoms with Gasteiger partial charge in [-0.15, -0.1) is 24.0 Å². The Bertz CT molecular complexity index is 567. The molecule has 132 valence electrons. The van der Waals surface area contributed by atoms with Crippen molar-refractivity contribution in [2.24, 2.45) is 4.99 Å². The molecule has 3 unspecified atom stereocenters. The minimum atomic E-state index is -0.0585. The molecule has 1 aromatic rings. The van der Waals surface area contributed by atoms with E-state index in [0.717, 1.165) is 18.8 Å². The number of hydrogen-bond donors (Lipinski definition) is 3. The lowest BCUT2D eigenvalue weighted by atomic mass is 9.96. The van der Waals surface area contributed by atoms with Gasteiger partial charge in [0.25, 0.3) is 5.91 Å². The highest BCUT2D eigenvalue weighted by Crippen LogP contribution is 2.34. The molecular formula is C17H25IN4O2. The lowest BCUT2D eigenvalue weighted by Gasteiger charge is -2.22. The van der Waals surface area contributed by atoms with Crippen LogP contribution in [0.2, 0.25) is 0 Å². The Kier molecular flexibility index (Phi) is 7.29. The van der Waals surface area contributed by atoms with Crippen molar-refractivity contribution in [1.29, 1.82) is 0 Å². The van der Waals surface area contributed by atoms with Crippen LogP contribution >= 0.6 is 24.0 Å². The second-order valence-corrected chi connectivity index (χ2v) is 5.98. The highest BCUT2D eigenvalue weighted by atomic mass is 127.